The van der Waals surface area contributed by atoms with Crippen LogP contribution in [0.3, 0.4) is 0 Å². The lowest BCUT2D eigenvalue weighted by atomic mass is 9.98. The molecule has 0 aliphatic carbocycles. The SMILES string of the molecule is C=CCOC(=O)NCc1cccc(-c2ccc([C@@H]3O[C@H](CN4CCN(c5ccc([N+](=O)[O-])cc5)CC4)C[C@H](c4ccc(CO)cc4)O3)cc2)c1. The Bertz CT molecular complexity index is 1740. The number of hydrogen-bond acceptors (Lipinski definition) is 9. The molecule has 2 aliphatic heterocycles. The van der Waals surface area contributed by atoms with Crippen molar-refractivity contribution >= 4 is 17.5 Å². The molecule has 3 atom stereocenters. The molecule has 0 spiro atoms. The van der Waals surface area contributed by atoms with Gasteiger partial charge in [-0.1, -0.05) is 79.4 Å². The van der Waals surface area contributed by atoms with Crippen LogP contribution in [0.5, 0.6) is 0 Å². The molecule has 50 heavy (non-hydrogen) atoms. The molecule has 0 unspecified atom stereocenters. The average molecular weight is 679 g/mol. The number of non-ortho nitro benzene ring substituents is 1. The molecule has 4 aromatic carbocycles. The minimum atomic E-state index is -0.566. The Kier molecular flexibility index (Phi) is 11.5. The van der Waals surface area contributed by atoms with E-state index in [0.717, 1.165) is 71.8 Å². The summed E-state index contributed by atoms with van der Waals surface area (Å²) in [7, 11) is 0. The third-order valence-electron chi connectivity index (χ3n) is 9.09. The van der Waals surface area contributed by atoms with E-state index in [2.05, 4.69) is 33.8 Å². The van der Waals surface area contributed by atoms with Crippen LogP contribution in [0, 0.1) is 10.1 Å². The minimum absolute atomic E-state index is 0.0138. The number of anilines is 1. The summed E-state index contributed by atoms with van der Waals surface area (Å²) in [6, 6.07) is 30.8. The molecule has 11 nitrogen and oxygen atoms in total. The summed E-state index contributed by atoms with van der Waals surface area (Å²) in [5.74, 6) is 0. The monoisotopic (exact) mass is 678 g/mol. The average Bonchev–Trinajstić information content (AvgIpc) is 3.16. The predicted octanol–water partition coefficient (Wildman–Crippen LogP) is 6.53. The zero-order valence-electron chi connectivity index (χ0n) is 27.9. The van der Waals surface area contributed by atoms with Crippen molar-refractivity contribution in [1.82, 2.24) is 10.2 Å². The van der Waals surface area contributed by atoms with E-state index in [0.29, 0.717) is 13.0 Å². The highest BCUT2D eigenvalue weighted by Gasteiger charge is 2.34. The number of alkyl carbamates (subject to hydrolysis) is 1. The van der Waals surface area contributed by atoms with E-state index < -0.39 is 12.4 Å². The maximum absolute atomic E-state index is 11.9. The van der Waals surface area contributed by atoms with Gasteiger partial charge in [0.25, 0.3) is 5.69 Å². The highest BCUT2D eigenvalue weighted by Crippen LogP contribution is 2.39. The van der Waals surface area contributed by atoms with Crippen molar-refractivity contribution in [1.29, 1.82) is 0 Å². The lowest BCUT2D eigenvalue weighted by Gasteiger charge is -2.41. The first kappa shape index (κ1) is 34.8. The van der Waals surface area contributed by atoms with E-state index in [4.69, 9.17) is 14.2 Å². The van der Waals surface area contributed by atoms with Crippen LogP contribution < -0.4 is 10.2 Å². The number of carbonyl (C=O) groups excluding carboxylic acids is 1. The molecule has 0 radical (unpaired) electrons. The van der Waals surface area contributed by atoms with E-state index in [1.165, 1.54) is 6.08 Å². The fourth-order valence-corrected chi connectivity index (χ4v) is 6.35. The van der Waals surface area contributed by atoms with Crippen LogP contribution in [-0.4, -0.2) is 66.5 Å². The van der Waals surface area contributed by atoms with Gasteiger partial charge < -0.3 is 29.5 Å². The molecule has 2 N–H and O–H groups in total. The normalized spacial score (nSPS) is 19.5. The molecule has 6 rings (SSSR count). The summed E-state index contributed by atoms with van der Waals surface area (Å²) in [5, 5.41) is 23.4. The quantitative estimate of drug-likeness (QED) is 0.0977. The van der Waals surface area contributed by atoms with Crippen LogP contribution in [0.1, 0.15) is 41.1 Å². The van der Waals surface area contributed by atoms with Gasteiger partial charge in [-0.3, -0.25) is 15.0 Å². The third kappa shape index (κ3) is 8.93. The first-order valence-electron chi connectivity index (χ1n) is 16.8. The number of ether oxygens (including phenoxy) is 3. The summed E-state index contributed by atoms with van der Waals surface area (Å²) in [6.45, 7) is 8.11. The molecule has 1 amide bonds. The van der Waals surface area contributed by atoms with Gasteiger partial charge in [-0.2, -0.15) is 0 Å². The van der Waals surface area contributed by atoms with Gasteiger partial charge in [-0.25, -0.2) is 4.79 Å². The molecule has 0 saturated carbocycles. The highest BCUT2D eigenvalue weighted by atomic mass is 16.7. The summed E-state index contributed by atoms with van der Waals surface area (Å²) in [5.41, 5.74) is 6.89. The third-order valence-corrected chi connectivity index (χ3v) is 9.09. The molecule has 2 heterocycles. The van der Waals surface area contributed by atoms with Crippen molar-refractivity contribution in [3.05, 3.63) is 142 Å². The number of aliphatic hydroxyl groups is 1. The second-order valence-electron chi connectivity index (χ2n) is 12.5. The van der Waals surface area contributed by atoms with Crippen LogP contribution in [0.2, 0.25) is 0 Å². The summed E-state index contributed by atoms with van der Waals surface area (Å²) in [6.07, 6.45) is 0.899. The van der Waals surface area contributed by atoms with Crippen molar-refractivity contribution in [2.75, 3.05) is 44.2 Å². The summed E-state index contributed by atoms with van der Waals surface area (Å²) in [4.78, 5) is 27.2. The van der Waals surface area contributed by atoms with Crippen molar-refractivity contribution in [2.45, 2.75) is 38.1 Å². The highest BCUT2D eigenvalue weighted by molar-refractivity contribution is 5.68. The van der Waals surface area contributed by atoms with Gasteiger partial charge >= 0.3 is 6.09 Å². The topological polar surface area (TPSA) is 127 Å². The molecule has 2 aliphatic rings. The van der Waals surface area contributed by atoms with Crippen LogP contribution >= 0.6 is 0 Å². The van der Waals surface area contributed by atoms with Crippen LogP contribution in [-0.2, 0) is 27.4 Å². The smallest absolute Gasteiger partial charge is 0.407 e. The Hall–Kier alpha value is -5.07. The molecule has 0 bridgehead atoms. The zero-order chi connectivity index (χ0) is 34.9. The first-order chi connectivity index (χ1) is 24.4. The fourth-order valence-electron chi connectivity index (χ4n) is 6.35. The predicted molar refractivity (Wildman–Crippen MR) is 190 cm³/mol. The van der Waals surface area contributed by atoms with Gasteiger partial charge in [-0.15, -0.1) is 0 Å². The second kappa shape index (κ2) is 16.6. The van der Waals surface area contributed by atoms with Crippen molar-refractivity contribution in [3.63, 3.8) is 0 Å². The van der Waals surface area contributed by atoms with Gasteiger partial charge in [0, 0.05) is 69.1 Å². The van der Waals surface area contributed by atoms with Crippen molar-refractivity contribution in [2.24, 2.45) is 0 Å². The fraction of sp³-hybridized carbons (Fsp3) is 0.308. The molecular weight excluding hydrogens is 636 g/mol. The van der Waals surface area contributed by atoms with E-state index >= 15 is 0 Å². The number of nitrogens with zero attached hydrogens (tertiary/aromatic N) is 3. The maximum Gasteiger partial charge on any atom is 0.407 e. The van der Waals surface area contributed by atoms with Crippen molar-refractivity contribution in [3.8, 4) is 11.1 Å². The molecule has 260 valence electrons. The molecule has 2 saturated heterocycles. The molecule has 4 aromatic rings. The van der Waals surface area contributed by atoms with Crippen LogP contribution in [0.25, 0.3) is 11.1 Å². The van der Waals surface area contributed by atoms with E-state index in [-0.39, 0.29) is 36.0 Å². The van der Waals surface area contributed by atoms with Gasteiger partial charge in [0.2, 0.25) is 0 Å². The Morgan fingerprint density at radius 1 is 0.920 bits per heavy atom. The molecule has 11 heteroatoms. The van der Waals surface area contributed by atoms with Gasteiger partial charge in [-0.05, 0) is 46.0 Å². The zero-order valence-corrected chi connectivity index (χ0v) is 27.9. The number of benzene rings is 4. The van der Waals surface area contributed by atoms with Gasteiger partial charge in [0.15, 0.2) is 6.29 Å². The van der Waals surface area contributed by atoms with Crippen LogP contribution in [0.4, 0.5) is 16.2 Å². The number of amides is 1. The Morgan fingerprint density at radius 3 is 2.32 bits per heavy atom. The van der Waals surface area contributed by atoms with Gasteiger partial charge in [0.1, 0.15) is 6.61 Å². The lowest BCUT2D eigenvalue weighted by molar-refractivity contribution is -0.384. The summed E-state index contributed by atoms with van der Waals surface area (Å²) < 4.78 is 18.2. The number of hydrogen-bond donors (Lipinski definition) is 2. The minimum Gasteiger partial charge on any atom is -0.445 e. The van der Waals surface area contributed by atoms with Crippen LogP contribution in [0.15, 0.2) is 110 Å². The number of nitro groups is 1. The summed E-state index contributed by atoms with van der Waals surface area (Å²) >= 11 is 0. The lowest BCUT2D eigenvalue weighted by Crippen LogP contribution is -2.49. The van der Waals surface area contributed by atoms with E-state index in [9.17, 15) is 20.0 Å². The number of nitro benzene ring substituents is 1. The standard InChI is InChI=1S/C39H42N4O7/c1-2-22-48-39(45)40-25-29-4-3-5-33(23-29)30-10-12-32(13-11-30)38-49-36(24-37(50-38)31-8-6-28(27-44)7-9-31)26-41-18-20-42(21-19-41)34-14-16-35(17-15-34)43(46)47/h2-17,23,36-38,44H,1,18-22,24-27H2,(H,40,45)/t36-,37+,38+/m0/s1. The van der Waals surface area contributed by atoms with E-state index in [1.54, 1.807) is 12.1 Å². The Labute approximate surface area is 291 Å². The second-order valence-corrected chi connectivity index (χ2v) is 12.5. The number of aliphatic hydroxyl groups excluding tert-OH is 1. The molecule has 2 fully saturated rings. The largest absolute Gasteiger partial charge is 0.445 e. The van der Waals surface area contributed by atoms with E-state index in [1.807, 2.05) is 72.8 Å². The Morgan fingerprint density at radius 2 is 1.64 bits per heavy atom. The number of carbonyl (C=O) groups is 1. The first-order valence-corrected chi connectivity index (χ1v) is 16.8. The molecular formula is C39H42N4O7. The molecule has 0 aromatic heterocycles. The Balaban J connectivity index is 1.12. The van der Waals surface area contributed by atoms with Crippen molar-refractivity contribution < 1.29 is 29.0 Å². The number of rotatable bonds is 12. The van der Waals surface area contributed by atoms with Gasteiger partial charge in [0.05, 0.1) is 23.7 Å². The number of piperazine rings is 1. The number of nitrogens with one attached hydrogen (secondary N) is 1. The maximum atomic E-state index is 11.9.